The Balaban J connectivity index is 1.97. The summed E-state index contributed by atoms with van der Waals surface area (Å²) < 4.78 is 23.1. The van der Waals surface area contributed by atoms with E-state index in [-0.39, 0.29) is 40.4 Å². The number of carbonyl (C=O) groups excluding carboxylic acids is 1. The van der Waals surface area contributed by atoms with Crippen LogP contribution in [0, 0.1) is 25.2 Å². The Bertz CT molecular complexity index is 1360. The molecule has 1 aromatic carbocycles. The number of nitrogens with zero attached hydrogens (tertiary/aromatic N) is 1. The minimum absolute atomic E-state index is 0.0642. The van der Waals surface area contributed by atoms with Gasteiger partial charge in [0.2, 0.25) is 6.29 Å². The van der Waals surface area contributed by atoms with Crippen molar-refractivity contribution in [2.75, 3.05) is 13.7 Å². The fourth-order valence-electron chi connectivity index (χ4n) is 4.43. The Kier molecular flexibility index (Phi) is 9.24. The lowest BCUT2D eigenvalue weighted by atomic mass is 9.79. The van der Waals surface area contributed by atoms with Gasteiger partial charge in [-0.3, -0.25) is 4.84 Å². The highest BCUT2D eigenvalue weighted by molar-refractivity contribution is 6.04. The fraction of sp³-hybridized carbons (Fsp3) is 0.444. The monoisotopic (exact) mass is 544 g/mol. The highest BCUT2D eigenvalue weighted by atomic mass is 16.7. The van der Waals surface area contributed by atoms with Gasteiger partial charge < -0.3 is 33.7 Å². The Morgan fingerprint density at radius 1 is 1.41 bits per heavy atom. The molecule has 1 fully saturated rings. The van der Waals surface area contributed by atoms with E-state index < -0.39 is 41.7 Å². The van der Waals surface area contributed by atoms with Crippen molar-refractivity contribution < 1.29 is 43.3 Å². The van der Waals surface area contributed by atoms with Crippen LogP contribution in [0.25, 0.3) is 11.0 Å². The number of aliphatic hydroxyl groups is 1. The van der Waals surface area contributed by atoms with Gasteiger partial charge in [-0.15, -0.1) is 13.0 Å². The normalized spacial score (nSPS) is 25.0. The van der Waals surface area contributed by atoms with Gasteiger partial charge in [-0.05, 0) is 39.3 Å². The Hall–Kier alpha value is -4.05. The average Bonchev–Trinajstić information content (AvgIpc) is 2.87. The van der Waals surface area contributed by atoms with Gasteiger partial charge >= 0.3 is 11.7 Å². The highest BCUT2D eigenvalue weighted by Gasteiger charge is 2.52. The molecular weight excluding hydrogens is 512 g/mol. The predicted molar refractivity (Wildman–Crippen MR) is 140 cm³/mol. The molecule has 1 aliphatic rings. The number of amides is 1. The molecule has 2 heterocycles. The van der Waals surface area contributed by atoms with Gasteiger partial charge in [0.25, 0.3) is 0 Å². The molecular formula is C27H32N2O10. The van der Waals surface area contributed by atoms with E-state index in [0.717, 1.165) is 0 Å². The van der Waals surface area contributed by atoms with Gasteiger partial charge in [0.15, 0.2) is 6.10 Å². The molecule has 210 valence electrons. The number of nitrogens with one attached hydrogen (secondary N) is 1. The molecule has 3 rings (SSSR count). The maximum atomic E-state index is 12.7. The lowest BCUT2D eigenvalue weighted by Gasteiger charge is -2.48. The second-order valence-corrected chi connectivity index (χ2v) is 9.19. The summed E-state index contributed by atoms with van der Waals surface area (Å²) in [6.07, 6.45) is 2.33. The number of benzene rings is 1. The zero-order chi connectivity index (χ0) is 28.9. The molecule has 1 unspecified atom stereocenters. The van der Waals surface area contributed by atoms with Crippen molar-refractivity contribution in [1.29, 1.82) is 0 Å². The third-order valence-corrected chi connectivity index (χ3v) is 6.64. The SMILES string of the molecule is C#CCONC(=O)O[C@@H]1[C@@H](C)[C@](C)(CC=C)OC(Oc2ccc3c(O)c(/C(C)=N/OC)c(=O)oc3c2C)[C@@H]1O. The van der Waals surface area contributed by atoms with Crippen molar-refractivity contribution >= 4 is 22.8 Å². The summed E-state index contributed by atoms with van der Waals surface area (Å²) in [5.41, 5.74) is 0.701. The molecule has 1 amide bonds. The molecule has 3 N–H and O–H groups in total. The standard InChI is InChI=1S/C27H32N2O10/c1-8-12-27(6)15(4)23(38-26(33)29-35-13-9-2)21(31)25(39-27)36-18-11-10-17-20(30)19(16(5)28-34-7)24(32)37-22(17)14(18)3/h2,8,10-11,15,21,23,25,30-31H,1,12-13H2,3-7H3,(H,29,33)/b28-16+/t15-,21-,23-,25?,27+/m1/s1. The van der Waals surface area contributed by atoms with E-state index in [2.05, 4.69) is 23.1 Å². The molecule has 39 heavy (non-hydrogen) atoms. The number of aryl methyl sites for hydroxylation is 1. The van der Waals surface area contributed by atoms with Gasteiger partial charge in [0.05, 0.1) is 16.7 Å². The second kappa shape index (κ2) is 12.2. The minimum Gasteiger partial charge on any atom is -0.506 e. The first-order valence-corrected chi connectivity index (χ1v) is 12.0. The zero-order valence-corrected chi connectivity index (χ0v) is 22.3. The van der Waals surface area contributed by atoms with Crippen molar-refractivity contribution in [2.24, 2.45) is 11.1 Å². The average molecular weight is 545 g/mol. The number of hydrogen-bond donors (Lipinski definition) is 3. The van der Waals surface area contributed by atoms with E-state index in [9.17, 15) is 19.8 Å². The van der Waals surface area contributed by atoms with Crippen LogP contribution in [-0.4, -0.2) is 59.8 Å². The highest BCUT2D eigenvalue weighted by Crippen LogP contribution is 2.41. The molecule has 1 aliphatic heterocycles. The molecule has 5 atom stereocenters. The first-order chi connectivity index (χ1) is 18.5. The zero-order valence-electron chi connectivity index (χ0n) is 22.3. The van der Waals surface area contributed by atoms with Crippen LogP contribution in [0.4, 0.5) is 4.79 Å². The second-order valence-electron chi connectivity index (χ2n) is 9.19. The first kappa shape index (κ1) is 29.5. The number of aliphatic hydroxyl groups excluding tert-OH is 1. The van der Waals surface area contributed by atoms with E-state index in [1.807, 2.05) is 0 Å². The first-order valence-electron chi connectivity index (χ1n) is 12.0. The van der Waals surface area contributed by atoms with Crippen molar-refractivity contribution in [2.45, 2.75) is 58.2 Å². The number of terminal acetylenes is 1. The van der Waals surface area contributed by atoms with E-state index in [0.29, 0.717) is 12.0 Å². The summed E-state index contributed by atoms with van der Waals surface area (Å²) >= 11 is 0. The van der Waals surface area contributed by atoms with Crippen LogP contribution in [-0.2, 0) is 19.1 Å². The number of ether oxygens (including phenoxy) is 3. The molecule has 1 aromatic heterocycles. The molecule has 0 saturated carbocycles. The molecule has 1 saturated heterocycles. The maximum absolute atomic E-state index is 12.7. The van der Waals surface area contributed by atoms with E-state index >= 15 is 0 Å². The Morgan fingerprint density at radius 3 is 2.77 bits per heavy atom. The Labute approximate surface area is 225 Å². The molecule has 0 spiro atoms. The maximum Gasteiger partial charge on any atom is 0.431 e. The number of rotatable bonds is 9. The number of fused-ring (bicyclic) bond motifs is 1. The summed E-state index contributed by atoms with van der Waals surface area (Å²) in [5, 5.41) is 25.8. The summed E-state index contributed by atoms with van der Waals surface area (Å²) in [6, 6.07) is 3.02. The quantitative estimate of drug-likeness (QED) is 0.107. The third kappa shape index (κ3) is 6.01. The molecule has 12 nitrogen and oxygen atoms in total. The van der Waals surface area contributed by atoms with Crippen LogP contribution < -0.4 is 15.8 Å². The van der Waals surface area contributed by atoms with Crippen LogP contribution in [0.2, 0.25) is 0 Å². The van der Waals surface area contributed by atoms with E-state index in [4.69, 9.17) is 34.7 Å². The van der Waals surface area contributed by atoms with Gasteiger partial charge in [-0.1, -0.05) is 24.1 Å². The van der Waals surface area contributed by atoms with Crippen LogP contribution in [0.1, 0.15) is 38.3 Å². The third-order valence-electron chi connectivity index (χ3n) is 6.64. The van der Waals surface area contributed by atoms with Crippen molar-refractivity contribution in [3.8, 4) is 23.8 Å². The van der Waals surface area contributed by atoms with Crippen molar-refractivity contribution in [1.82, 2.24) is 5.48 Å². The number of carbonyl (C=O) groups is 1. The minimum atomic E-state index is -1.43. The molecule has 2 aromatic rings. The van der Waals surface area contributed by atoms with Crippen LogP contribution >= 0.6 is 0 Å². The number of hydrogen-bond acceptors (Lipinski definition) is 11. The van der Waals surface area contributed by atoms with Crippen LogP contribution in [0.3, 0.4) is 0 Å². The topological polar surface area (TPSA) is 158 Å². The lowest BCUT2D eigenvalue weighted by molar-refractivity contribution is -0.289. The van der Waals surface area contributed by atoms with Gasteiger partial charge in [-0.2, -0.15) is 5.48 Å². The van der Waals surface area contributed by atoms with E-state index in [1.165, 1.54) is 26.2 Å². The van der Waals surface area contributed by atoms with Crippen molar-refractivity contribution in [3.63, 3.8) is 0 Å². The summed E-state index contributed by atoms with van der Waals surface area (Å²) in [7, 11) is 1.31. The molecule has 0 bridgehead atoms. The van der Waals surface area contributed by atoms with Crippen LogP contribution in [0.5, 0.6) is 11.5 Å². The van der Waals surface area contributed by atoms with Crippen LogP contribution in [0.15, 0.2) is 39.2 Å². The smallest absolute Gasteiger partial charge is 0.431 e. The van der Waals surface area contributed by atoms with Crippen molar-refractivity contribution in [3.05, 3.63) is 46.3 Å². The van der Waals surface area contributed by atoms with Gasteiger partial charge in [0.1, 0.15) is 42.5 Å². The molecule has 0 aliphatic carbocycles. The summed E-state index contributed by atoms with van der Waals surface area (Å²) in [4.78, 5) is 34.4. The Morgan fingerprint density at radius 2 is 2.13 bits per heavy atom. The van der Waals surface area contributed by atoms with Gasteiger partial charge in [0, 0.05) is 11.5 Å². The molecule has 0 radical (unpaired) electrons. The number of aromatic hydroxyl groups is 1. The number of oxime groups is 1. The largest absolute Gasteiger partial charge is 0.506 e. The fourth-order valence-corrected chi connectivity index (χ4v) is 4.43. The van der Waals surface area contributed by atoms with Gasteiger partial charge in [-0.25, -0.2) is 9.59 Å². The predicted octanol–water partition coefficient (Wildman–Crippen LogP) is 2.90. The lowest BCUT2D eigenvalue weighted by Crippen LogP contribution is -2.62. The molecule has 12 heteroatoms. The summed E-state index contributed by atoms with van der Waals surface area (Å²) in [6.45, 7) is 10.2. The number of hydroxylamine groups is 1. The van der Waals surface area contributed by atoms with E-state index in [1.54, 1.807) is 26.8 Å². The summed E-state index contributed by atoms with van der Waals surface area (Å²) in [5.74, 6) is 1.57.